The Morgan fingerprint density at radius 2 is 0.789 bits per heavy atom. The lowest BCUT2D eigenvalue weighted by molar-refractivity contribution is 0.525. The van der Waals surface area contributed by atoms with E-state index >= 15 is 0 Å². The maximum absolute atomic E-state index is 6.03. The molecule has 0 aromatic heterocycles. The van der Waals surface area contributed by atoms with Gasteiger partial charge in [0.2, 0.25) is 7.59 Å². The highest BCUT2D eigenvalue weighted by Gasteiger charge is 2.75. The zero-order valence-electron chi connectivity index (χ0n) is 7.91. The van der Waals surface area contributed by atoms with Crippen LogP contribution in [0, 0.1) is 4.84 Å². The van der Waals surface area contributed by atoms with E-state index < -0.39 is 26.0 Å². The highest BCUT2D eigenvalue weighted by atomic mass is 35.6. The lowest BCUT2D eigenvalue weighted by Crippen LogP contribution is -2.64. The second-order valence-electron chi connectivity index (χ2n) is 3.06. The summed E-state index contributed by atoms with van der Waals surface area (Å²) in [5.41, 5.74) is 0. The first-order valence-electron chi connectivity index (χ1n) is 3.71. The Labute approximate surface area is 175 Å². The topological polar surface area (TPSA) is 0 Å². The van der Waals surface area contributed by atoms with Crippen molar-refractivity contribution < 1.29 is 0 Å². The lowest BCUT2D eigenvalue weighted by atomic mass is 10.0. The number of hydrogen-bond donors (Lipinski definition) is 0. The van der Waals surface area contributed by atoms with Crippen molar-refractivity contribution in [1.82, 2.24) is 0 Å². The van der Waals surface area contributed by atoms with E-state index in [1.807, 2.05) is 0 Å². The molecule has 0 nitrogen and oxygen atoms in total. The third kappa shape index (κ3) is 4.06. The summed E-state index contributed by atoms with van der Waals surface area (Å²) in [6, 6.07) is 0. The number of rotatable bonds is 3. The van der Waals surface area contributed by atoms with Crippen LogP contribution in [0.2, 0.25) is 0 Å². The van der Waals surface area contributed by atoms with Crippen molar-refractivity contribution in [2.24, 2.45) is 0 Å². The molecular weight excluding hydrogens is 533 g/mol. The Morgan fingerprint density at radius 3 is 0.947 bits per heavy atom. The van der Waals surface area contributed by atoms with Gasteiger partial charge in [-0.3, -0.25) is 0 Å². The van der Waals surface area contributed by atoms with Crippen molar-refractivity contribution in [2.45, 2.75) is 21.1 Å². The highest BCUT2D eigenvalue weighted by molar-refractivity contribution is 6.82. The zero-order chi connectivity index (χ0) is 16.1. The number of hydrogen-bond acceptors (Lipinski definition) is 0. The van der Waals surface area contributed by atoms with Gasteiger partial charge in [-0.1, -0.05) is 139 Å². The van der Waals surface area contributed by atoms with Crippen LogP contribution in [0.4, 0.5) is 0 Å². The monoisotopic (exact) mass is 527 g/mol. The molecule has 0 fully saturated rings. The van der Waals surface area contributed by atoms with E-state index in [1.54, 1.807) is 0 Å². The highest BCUT2D eigenvalue weighted by Crippen LogP contribution is 2.69. The van der Waals surface area contributed by atoms with Gasteiger partial charge in [0, 0.05) is 0 Å². The third-order valence-corrected chi connectivity index (χ3v) is 8.77. The fourth-order valence-corrected chi connectivity index (χ4v) is 4.84. The second kappa shape index (κ2) is 6.95. The van der Waals surface area contributed by atoms with Crippen LogP contribution in [0.25, 0.3) is 0 Å². The maximum Gasteiger partial charge on any atom is 0.226 e. The molecule has 0 amide bonds. The van der Waals surface area contributed by atoms with Crippen molar-refractivity contribution in [3.63, 3.8) is 0 Å². The Kier molecular flexibility index (Phi) is 8.32. The summed E-state index contributed by atoms with van der Waals surface area (Å²) in [7, 11) is 0. The molecule has 0 saturated heterocycles. The van der Waals surface area contributed by atoms with Gasteiger partial charge in [-0.05, 0) is 0 Å². The normalized spacial score (nSPS) is 18.6. The Morgan fingerprint density at radius 1 is 0.474 bits per heavy atom. The van der Waals surface area contributed by atoms with E-state index in [2.05, 4.69) is 0 Å². The quantitative estimate of drug-likeness (QED) is 0.323. The van der Waals surface area contributed by atoms with E-state index in [1.165, 1.54) is 0 Å². The molecule has 0 aromatic carbocycles. The SMILES string of the molecule is Cl[C](Cl)C(Cl)(C(Cl)(Cl)Cl)C(Cl)(Cl)C(Cl)(Cl)C(Cl)(Cl)Cl. The Bertz CT molecular complexity index is 321. The molecule has 1 radical (unpaired) electrons. The lowest BCUT2D eigenvalue weighted by Gasteiger charge is -2.49. The summed E-state index contributed by atoms with van der Waals surface area (Å²) in [6.07, 6.45) is 0. The zero-order valence-corrected chi connectivity index (χ0v) is 17.7. The van der Waals surface area contributed by atoms with Crippen LogP contribution in [0.1, 0.15) is 0 Å². The van der Waals surface area contributed by atoms with Crippen LogP contribution in [0.3, 0.4) is 0 Å². The van der Waals surface area contributed by atoms with Gasteiger partial charge in [0.05, 0.1) is 0 Å². The third-order valence-electron chi connectivity index (χ3n) is 1.83. The minimum atomic E-state index is -2.61. The van der Waals surface area contributed by atoms with Crippen LogP contribution in [0.15, 0.2) is 0 Å². The van der Waals surface area contributed by atoms with E-state index in [4.69, 9.17) is 151 Å². The molecule has 0 heterocycles. The van der Waals surface area contributed by atoms with Gasteiger partial charge in [-0.25, -0.2) is 0 Å². The Balaban J connectivity index is 6.13. The molecule has 1 unspecified atom stereocenters. The summed E-state index contributed by atoms with van der Waals surface area (Å²) in [4.78, 5) is -3.25. The molecule has 0 aromatic rings. The maximum atomic E-state index is 6.03. The molecular formula is C6Cl13. The predicted molar refractivity (Wildman–Crippen MR) is 93.0 cm³/mol. The van der Waals surface area contributed by atoms with Gasteiger partial charge < -0.3 is 0 Å². The van der Waals surface area contributed by atoms with Crippen molar-refractivity contribution in [3.8, 4) is 0 Å². The van der Waals surface area contributed by atoms with E-state index in [0.717, 1.165) is 0 Å². The molecule has 115 valence electrons. The Hall–Kier alpha value is 3.77. The van der Waals surface area contributed by atoms with Gasteiger partial charge in [0.15, 0.2) is 18.4 Å². The van der Waals surface area contributed by atoms with E-state index in [0.29, 0.717) is 0 Å². The molecule has 19 heavy (non-hydrogen) atoms. The van der Waals surface area contributed by atoms with E-state index in [9.17, 15) is 0 Å². The number of alkyl halides is 11. The first-order chi connectivity index (χ1) is 7.94. The van der Waals surface area contributed by atoms with Crippen LogP contribution in [0.5, 0.6) is 0 Å². The van der Waals surface area contributed by atoms with Crippen LogP contribution in [-0.2, 0) is 0 Å². The van der Waals surface area contributed by atoms with Gasteiger partial charge in [-0.15, -0.1) is 11.6 Å². The predicted octanol–water partition coefficient (Wildman–Crippen LogP) is 8.02. The fraction of sp³-hybridized carbons (Fsp3) is 0.833. The summed E-state index contributed by atoms with van der Waals surface area (Å²) >= 11 is 74.6. The fourth-order valence-electron chi connectivity index (χ4n) is 0.798. The van der Waals surface area contributed by atoms with Crippen molar-refractivity contribution in [2.75, 3.05) is 0 Å². The number of halogens is 13. The molecule has 0 aliphatic rings. The summed E-state index contributed by atoms with van der Waals surface area (Å²) in [5.74, 6) is 0. The van der Waals surface area contributed by atoms with Crippen molar-refractivity contribution >= 4 is 151 Å². The molecule has 0 aliphatic carbocycles. The molecule has 0 rings (SSSR count). The molecule has 0 aliphatic heterocycles. The molecule has 0 N–H and O–H groups in total. The van der Waals surface area contributed by atoms with Gasteiger partial charge in [-0.2, -0.15) is 0 Å². The second-order valence-corrected chi connectivity index (χ2v) is 11.8. The van der Waals surface area contributed by atoms with Crippen LogP contribution >= 0.6 is 151 Å². The summed E-state index contributed by atoms with van der Waals surface area (Å²) in [5, 5.41) is 0. The van der Waals surface area contributed by atoms with E-state index in [-0.39, 0.29) is 0 Å². The smallest absolute Gasteiger partial charge is 0.108 e. The molecule has 1 atom stereocenters. The molecule has 0 saturated carbocycles. The van der Waals surface area contributed by atoms with Gasteiger partial charge in [0.25, 0.3) is 0 Å². The first-order valence-corrected chi connectivity index (χ1v) is 8.62. The largest absolute Gasteiger partial charge is 0.226 e. The molecule has 0 spiro atoms. The van der Waals surface area contributed by atoms with Crippen LogP contribution in [-0.4, -0.2) is 21.1 Å². The average molecular weight is 533 g/mol. The van der Waals surface area contributed by atoms with Crippen LogP contribution < -0.4 is 0 Å². The minimum Gasteiger partial charge on any atom is -0.108 e. The molecule has 0 bridgehead atoms. The van der Waals surface area contributed by atoms with Crippen molar-refractivity contribution in [1.29, 1.82) is 0 Å². The minimum absolute atomic E-state index is 0.751. The van der Waals surface area contributed by atoms with Crippen molar-refractivity contribution in [3.05, 3.63) is 4.84 Å². The molecule has 13 heteroatoms. The first kappa shape index (κ1) is 22.8. The summed E-state index contributed by atoms with van der Waals surface area (Å²) in [6.45, 7) is 0. The van der Waals surface area contributed by atoms with Gasteiger partial charge >= 0.3 is 0 Å². The standard InChI is InChI=1S/C6Cl13/c7-1(8)2(9,5(14,15)16)3(10,11)4(12,13)6(17,18)19. The van der Waals surface area contributed by atoms with Gasteiger partial charge in [0.1, 0.15) is 0 Å². The average Bonchev–Trinajstić information content (AvgIpc) is 2.11. The summed E-state index contributed by atoms with van der Waals surface area (Å²) < 4.78 is -10.0.